The van der Waals surface area contributed by atoms with Crippen molar-refractivity contribution in [3.05, 3.63) is 59.8 Å². The van der Waals surface area contributed by atoms with Crippen molar-refractivity contribution < 1.29 is 27.9 Å². The SMILES string of the molecule is C[Si](C)(C)CCS(=O)(=O)n1ncc2cc(CC(NC(=O)N3CCC(N4Cc5ccccc5NC4=O)CC3)C(=O)CO)ccc21. The van der Waals surface area contributed by atoms with Crippen molar-refractivity contribution in [3.8, 4) is 0 Å². The number of rotatable bonds is 10. The minimum atomic E-state index is -3.62. The van der Waals surface area contributed by atoms with Gasteiger partial charge in [-0.3, -0.25) is 4.79 Å². The van der Waals surface area contributed by atoms with Gasteiger partial charge < -0.3 is 25.5 Å². The molecule has 3 N–H and O–H groups in total. The number of hydrogen-bond acceptors (Lipinski definition) is 7. The second kappa shape index (κ2) is 12.7. The largest absolute Gasteiger partial charge is 0.389 e. The predicted molar refractivity (Wildman–Crippen MR) is 171 cm³/mol. The molecule has 4 amide bonds. The molecule has 0 aliphatic carbocycles. The number of benzene rings is 2. The standard InChI is InChI=1S/C30H40N6O6SSi/c1-44(2,3)15-14-43(41,42)36-27-9-8-21(16-23(27)18-31-36)17-26(28(38)20-37)33-29(39)34-12-10-24(11-13-34)35-19-22-6-4-5-7-25(22)32-30(35)40/h4-9,16,18,24,26,37H,10-15,17,19-20H2,1-3H3,(H,32,40)(H,33,39). The van der Waals surface area contributed by atoms with Gasteiger partial charge in [0.15, 0.2) is 5.78 Å². The first kappa shape index (κ1) is 31.7. The van der Waals surface area contributed by atoms with Gasteiger partial charge in [-0.2, -0.15) is 9.19 Å². The van der Waals surface area contributed by atoms with E-state index in [1.54, 1.807) is 23.1 Å². The van der Waals surface area contributed by atoms with Gasteiger partial charge in [-0.1, -0.05) is 43.9 Å². The number of amides is 4. The summed E-state index contributed by atoms with van der Waals surface area (Å²) in [4.78, 5) is 42.0. The van der Waals surface area contributed by atoms with Gasteiger partial charge in [-0.05, 0) is 54.6 Å². The third-order valence-corrected chi connectivity index (χ3v) is 12.0. The maximum atomic E-state index is 13.2. The minimum Gasteiger partial charge on any atom is -0.389 e. The van der Waals surface area contributed by atoms with Gasteiger partial charge >= 0.3 is 12.1 Å². The van der Waals surface area contributed by atoms with Gasteiger partial charge in [0.25, 0.3) is 10.0 Å². The fraction of sp³-hybridized carbons (Fsp3) is 0.467. The van der Waals surface area contributed by atoms with Crippen molar-refractivity contribution >= 4 is 52.5 Å². The second-order valence-electron chi connectivity index (χ2n) is 12.8. The summed E-state index contributed by atoms with van der Waals surface area (Å²) >= 11 is 0. The number of aliphatic hydroxyl groups excluding tert-OH is 1. The number of anilines is 1. The van der Waals surface area contributed by atoms with Crippen LogP contribution in [0.15, 0.2) is 48.7 Å². The second-order valence-corrected chi connectivity index (χ2v) is 20.3. The van der Waals surface area contributed by atoms with Gasteiger partial charge in [0, 0.05) is 44.8 Å². The highest BCUT2D eigenvalue weighted by Gasteiger charge is 2.33. The molecule has 1 saturated heterocycles. The van der Waals surface area contributed by atoms with Crippen molar-refractivity contribution in [1.29, 1.82) is 0 Å². The molecule has 0 radical (unpaired) electrons. The lowest BCUT2D eigenvalue weighted by atomic mass is 10.0. The number of ketones is 1. The number of piperidine rings is 1. The van der Waals surface area contributed by atoms with Crippen molar-refractivity contribution in [3.63, 3.8) is 0 Å². The highest BCUT2D eigenvalue weighted by molar-refractivity contribution is 7.90. The summed E-state index contributed by atoms with van der Waals surface area (Å²) in [5.74, 6) is -0.502. The number of aliphatic hydroxyl groups is 1. The van der Waals surface area contributed by atoms with Crippen LogP contribution in [0.2, 0.25) is 25.7 Å². The molecule has 44 heavy (non-hydrogen) atoms. The Hall–Kier alpha value is -3.75. The van der Waals surface area contributed by atoms with E-state index in [-0.39, 0.29) is 24.2 Å². The first-order chi connectivity index (χ1) is 20.8. The predicted octanol–water partition coefficient (Wildman–Crippen LogP) is 3.25. The average molecular weight is 641 g/mol. The third kappa shape index (κ3) is 7.13. The highest BCUT2D eigenvalue weighted by Crippen LogP contribution is 2.28. The van der Waals surface area contributed by atoms with Crippen LogP contribution in [0.5, 0.6) is 0 Å². The summed E-state index contributed by atoms with van der Waals surface area (Å²) in [7, 11) is -5.19. The Morgan fingerprint density at radius 3 is 2.57 bits per heavy atom. The molecule has 1 fully saturated rings. The van der Waals surface area contributed by atoms with Crippen LogP contribution in [-0.2, 0) is 27.8 Å². The normalized spacial score (nSPS) is 16.9. The number of urea groups is 2. The van der Waals surface area contributed by atoms with Gasteiger partial charge in [0.05, 0.1) is 23.5 Å². The van der Waals surface area contributed by atoms with Crippen molar-refractivity contribution in [2.45, 2.75) is 63.6 Å². The van der Waals surface area contributed by atoms with Crippen molar-refractivity contribution in [2.75, 3.05) is 30.8 Å². The molecule has 0 bridgehead atoms. The molecule has 0 saturated carbocycles. The highest BCUT2D eigenvalue weighted by atomic mass is 32.2. The van der Waals surface area contributed by atoms with E-state index in [0.717, 1.165) is 15.3 Å². The molecule has 236 valence electrons. The number of carbonyl (C=O) groups excluding carboxylic acids is 3. The summed E-state index contributed by atoms with van der Waals surface area (Å²) in [6, 6.07) is 11.9. The quantitative estimate of drug-likeness (QED) is 0.288. The Bertz CT molecular complexity index is 1660. The van der Waals surface area contributed by atoms with Crippen LogP contribution >= 0.6 is 0 Å². The number of nitrogens with zero attached hydrogens (tertiary/aromatic N) is 4. The number of likely N-dealkylation sites (tertiary alicyclic amines) is 1. The van der Waals surface area contributed by atoms with E-state index in [9.17, 15) is 27.9 Å². The molecule has 0 spiro atoms. The van der Waals surface area contributed by atoms with Crippen molar-refractivity contribution in [2.24, 2.45) is 0 Å². The number of aromatic nitrogens is 2. The molecule has 3 aromatic rings. The number of fused-ring (bicyclic) bond motifs is 2. The molecule has 1 atom stereocenters. The Labute approximate surface area is 258 Å². The lowest BCUT2D eigenvalue weighted by Crippen LogP contribution is -2.55. The number of nitrogens with one attached hydrogen (secondary N) is 2. The van der Waals surface area contributed by atoms with Crippen LogP contribution in [0.4, 0.5) is 15.3 Å². The minimum absolute atomic E-state index is 0.0192. The molecule has 5 rings (SSSR count). The maximum absolute atomic E-state index is 13.2. The summed E-state index contributed by atoms with van der Waals surface area (Å²) in [5, 5.41) is 20.1. The van der Waals surface area contributed by atoms with E-state index in [0.29, 0.717) is 55.0 Å². The fourth-order valence-electron chi connectivity index (χ4n) is 5.66. The van der Waals surface area contributed by atoms with Gasteiger partial charge in [-0.15, -0.1) is 0 Å². The first-order valence-electron chi connectivity index (χ1n) is 14.9. The summed E-state index contributed by atoms with van der Waals surface area (Å²) in [6.45, 7) is 6.98. The molecule has 3 heterocycles. The molecule has 1 unspecified atom stereocenters. The molecular weight excluding hydrogens is 601 g/mol. The van der Waals surface area contributed by atoms with E-state index >= 15 is 0 Å². The van der Waals surface area contributed by atoms with Gasteiger partial charge in [0.1, 0.15) is 6.61 Å². The topological polar surface area (TPSA) is 154 Å². The lowest BCUT2D eigenvalue weighted by Gasteiger charge is -2.40. The lowest BCUT2D eigenvalue weighted by molar-refractivity contribution is -0.123. The molecule has 2 aromatic carbocycles. The van der Waals surface area contributed by atoms with Crippen LogP contribution in [0.25, 0.3) is 10.9 Å². The van der Waals surface area contributed by atoms with Gasteiger partial charge in [-0.25, -0.2) is 18.0 Å². The van der Waals surface area contributed by atoms with Crippen LogP contribution < -0.4 is 10.6 Å². The third-order valence-electron chi connectivity index (χ3n) is 8.31. The van der Waals surface area contributed by atoms with E-state index in [1.807, 2.05) is 29.2 Å². The number of hydrogen-bond donors (Lipinski definition) is 3. The Morgan fingerprint density at radius 2 is 1.86 bits per heavy atom. The number of Topliss-reactive ketones (excluding diaryl/α,β-unsaturated/α-hetero) is 1. The first-order valence-corrected chi connectivity index (χ1v) is 20.2. The Balaban J connectivity index is 1.21. The zero-order valence-electron chi connectivity index (χ0n) is 25.3. The zero-order chi connectivity index (χ0) is 31.6. The molecule has 2 aliphatic heterocycles. The van der Waals surface area contributed by atoms with Crippen LogP contribution in [0.3, 0.4) is 0 Å². The molecule has 14 heteroatoms. The molecule has 2 aliphatic rings. The van der Waals surface area contributed by atoms with Crippen LogP contribution in [0, 0.1) is 0 Å². The number of para-hydroxylation sites is 1. The van der Waals surface area contributed by atoms with Gasteiger partial charge in [0.2, 0.25) is 0 Å². The average Bonchev–Trinajstić information content (AvgIpc) is 3.43. The molecular formula is C30H40N6O6SSi. The smallest absolute Gasteiger partial charge is 0.322 e. The van der Waals surface area contributed by atoms with E-state index in [2.05, 4.69) is 35.4 Å². The summed E-state index contributed by atoms with van der Waals surface area (Å²) in [5.41, 5.74) is 3.01. The maximum Gasteiger partial charge on any atom is 0.322 e. The number of carbonyl (C=O) groups is 3. The van der Waals surface area contributed by atoms with E-state index in [4.69, 9.17) is 0 Å². The van der Waals surface area contributed by atoms with Crippen LogP contribution in [-0.4, -0.2) is 96.0 Å². The van der Waals surface area contributed by atoms with E-state index in [1.165, 1.54) is 6.20 Å². The molecule has 1 aromatic heterocycles. The van der Waals surface area contributed by atoms with Crippen molar-refractivity contribution in [1.82, 2.24) is 24.3 Å². The monoisotopic (exact) mass is 640 g/mol. The summed E-state index contributed by atoms with van der Waals surface area (Å²) < 4.78 is 27.0. The van der Waals surface area contributed by atoms with Crippen LogP contribution in [0.1, 0.15) is 24.0 Å². The van der Waals surface area contributed by atoms with E-state index < -0.39 is 42.6 Å². The Morgan fingerprint density at radius 1 is 1.14 bits per heavy atom. The summed E-state index contributed by atoms with van der Waals surface area (Å²) in [6.07, 6.45) is 2.81. The molecule has 12 nitrogen and oxygen atoms in total. The fourth-order valence-corrected chi connectivity index (χ4v) is 9.97. The zero-order valence-corrected chi connectivity index (χ0v) is 27.1. The Kier molecular flexibility index (Phi) is 9.14.